The topological polar surface area (TPSA) is 8.17 Å². The minimum absolute atomic E-state index is 1.08. The minimum atomic E-state index is 1.08. The van der Waals surface area contributed by atoms with Crippen LogP contribution in [-0.4, -0.2) is 4.57 Å². The lowest BCUT2D eigenvalue weighted by Gasteiger charge is -2.28. The molecule has 0 bridgehead atoms. The van der Waals surface area contributed by atoms with Crippen molar-refractivity contribution in [3.63, 3.8) is 0 Å². The second kappa shape index (κ2) is 15.0. The van der Waals surface area contributed by atoms with E-state index in [0.717, 1.165) is 35.6 Å². The third kappa shape index (κ3) is 6.11. The summed E-state index contributed by atoms with van der Waals surface area (Å²) in [4.78, 5) is 2.42. The quantitative estimate of drug-likeness (QED) is 0.156. The number of aromatic nitrogens is 1. The summed E-state index contributed by atoms with van der Waals surface area (Å²) in [5, 5.41) is 7.49. The smallest absolute Gasteiger partial charge is 0.0619 e. The highest BCUT2D eigenvalue weighted by molar-refractivity contribution is 6.18. The van der Waals surface area contributed by atoms with E-state index in [4.69, 9.17) is 0 Å². The van der Waals surface area contributed by atoms with E-state index in [1.165, 1.54) is 87.9 Å². The van der Waals surface area contributed by atoms with Gasteiger partial charge in [-0.25, -0.2) is 0 Å². The largest absolute Gasteiger partial charge is 0.310 e. The van der Waals surface area contributed by atoms with Gasteiger partial charge >= 0.3 is 0 Å². The Hall–Kier alpha value is -7.94. The Morgan fingerprint density at radius 3 is 1.85 bits per heavy atom. The normalized spacial score (nSPS) is 12.3. The summed E-state index contributed by atoms with van der Waals surface area (Å²) in [6.45, 7) is 0. The van der Waals surface area contributed by atoms with Crippen molar-refractivity contribution >= 4 is 66.5 Å². The van der Waals surface area contributed by atoms with Gasteiger partial charge in [0.1, 0.15) is 0 Å². The molecular formula is C60H42N2. The molecule has 1 heterocycles. The van der Waals surface area contributed by atoms with Crippen LogP contribution in [0.4, 0.5) is 17.1 Å². The number of benzene rings is 10. The Morgan fingerprint density at radius 1 is 0.403 bits per heavy atom. The van der Waals surface area contributed by atoms with Crippen LogP contribution in [0.1, 0.15) is 17.5 Å². The highest BCUT2D eigenvalue weighted by Crippen LogP contribution is 2.44. The predicted octanol–water partition coefficient (Wildman–Crippen LogP) is 16.5. The maximum Gasteiger partial charge on any atom is 0.0619 e. The van der Waals surface area contributed by atoms with Crippen molar-refractivity contribution in [2.24, 2.45) is 0 Å². The van der Waals surface area contributed by atoms with Crippen LogP contribution in [0.2, 0.25) is 0 Å². The molecule has 0 amide bonds. The third-order valence-corrected chi connectivity index (χ3v) is 12.8. The fourth-order valence-corrected chi connectivity index (χ4v) is 9.82. The molecule has 1 aliphatic rings. The van der Waals surface area contributed by atoms with Crippen LogP contribution < -0.4 is 4.90 Å². The van der Waals surface area contributed by atoms with Crippen molar-refractivity contribution in [1.82, 2.24) is 4.57 Å². The standard InChI is InChI=1S/C60H42N2/c1-2-13-41(14-3-1)43-27-32-49(33-28-43)61(59-38-37-52(54-21-8-9-22-55(54)59)48-26-25-42-15-4-5-17-46(42)39-48)50-34-29-44(30-35-50)47-18-12-19-51(40-47)62-58-24-11-10-23-56(58)57-36-31-45-16-6-7-20-53(45)60(57)62/h1-4,6-16,18-40H,5,17H2. The zero-order valence-corrected chi connectivity index (χ0v) is 34.2. The molecule has 2 heteroatoms. The zero-order valence-electron chi connectivity index (χ0n) is 34.2. The molecule has 0 atom stereocenters. The summed E-state index contributed by atoms with van der Waals surface area (Å²) in [7, 11) is 0. The van der Waals surface area contributed by atoms with Gasteiger partial charge in [0.2, 0.25) is 0 Å². The van der Waals surface area contributed by atoms with Gasteiger partial charge in [0.05, 0.1) is 16.7 Å². The van der Waals surface area contributed by atoms with Crippen LogP contribution in [0.5, 0.6) is 0 Å². The molecule has 0 radical (unpaired) electrons. The van der Waals surface area contributed by atoms with Gasteiger partial charge in [0.15, 0.2) is 0 Å². The first kappa shape index (κ1) is 36.0. The van der Waals surface area contributed by atoms with Crippen LogP contribution in [0.15, 0.2) is 224 Å². The van der Waals surface area contributed by atoms with E-state index >= 15 is 0 Å². The van der Waals surface area contributed by atoms with E-state index in [9.17, 15) is 0 Å². The number of hydrogen-bond donors (Lipinski definition) is 0. The van der Waals surface area contributed by atoms with Gasteiger partial charge in [0.25, 0.3) is 0 Å². The lowest BCUT2D eigenvalue weighted by molar-refractivity contribution is 0.986. The number of para-hydroxylation sites is 1. The Balaban J connectivity index is 0.974. The molecule has 62 heavy (non-hydrogen) atoms. The highest BCUT2D eigenvalue weighted by atomic mass is 15.1. The van der Waals surface area contributed by atoms with E-state index in [1.807, 2.05) is 0 Å². The van der Waals surface area contributed by atoms with Crippen molar-refractivity contribution in [2.45, 2.75) is 12.8 Å². The highest BCUT2D eigenvalue weighted by Gasteiger charge is 2.20. The van der Waals surface area contributed by atoms with Gasteiger partial charge in [-0.15, -0.1) is 0 Å². The molecule has 0 spiro atoms. The maximum absolute atomic E-state index is 2.45. The molecule has 1 aliphatic carbocycles. The van der Waals surface area contributed by atoms with E-state index in [2.05, 4.69) is 240 Å². The van der Waals surface area contributed by atoms with Gasteiger partial charge in [0, 0.05) is 38.6 Å². The van der Waals surface area contributed by atoms with Crippen LogP contribution >= 0.6 is 0 Å². The van der Waals surface area contributed by atoms with Gasteiger partial charge in [-0.3, -0.25) is 0 Å². The second-order valence-electron chi connectivity index (χ2n) is 16.4. The second-order valence-corrected chi connectivity index (χ2v) is 16.4. The number of aryl methyl sites for hydroxylation is 1. The molecule has 0 saturated heterocycles. The Bertz CT molecular complexity index is 3500. The first-order chi connectivity index (χ1) is 30.7. The molecule has 12 rings (SSSR count). The summed E-state index contributed by atoms with van der Waals surface area (Å²) < 4.78 is 2.45. The number of anilines is 3. The van der Waals surface area contributed by atoms with Crippen LogP contribution in [0.3, 0.4) is 0 Å². The Labute approximate surface area is 361 Å². The molecule has 0 N–H and O–H groups in total. The molecule has 292 valence electrons. The molecule has 0 fully saturated rings. The van der Waals surface area contributed by atoms with Gasteiger partial charge < -0.3 is 9.47 Å². The third-order valence-electron chi connectivity index (χ3n) is 12.8. The van der Waals surface area contributed by atoms with Gasteiger partial charge in [-0.1, -0.05) is 182 Å². The first-order valence-electron chi connectivity index (χ1n) is 21.6. The molecule has 1 aromatic heterocycles. The summed E-state index contributed by atoms with van der Waals surface area (Å²) >= 11 is 0. The molecule has 0 aliphatic heterocycles. The fraction of sp³-hybridized carbons (Fsp3) is 0.0333. The average Bonchev–Trinajstić information content (AvgIpc) is 3.70. The average molecular weight is 791 g/mol. The van der Waals surface area contributed by atoms with Crippen LogP contribution in [0.25, 0.3) is 88.5 Å². The van der Waals surface area contributed by atoms with E-state index in [-0.39, 0.29) is 0 Å². The van der Waals surface area contributed by atoms with E-state index < -0.39 is 0 Å². The number of fused-ring (bicyclic) bond motifs is 7. The molecule has 2 nitrogen and oxygen atoms in total. The van der Waals surface area contributed by atoms with Crippen molar-refractivity contribution in [1.29, 1.82) is 0 Å². The Kier molecular flexibility index (Phi) is 8.67. The number of allylic oxidation sites excluding steroid dienone is 1. The van der Waals surface area contributed by atoms with Crippen molar-refractivity contribution in [3.05, 3.63) is 236 Å². The molecule has 0 unspecified atom stereocenters. The van der Waals surface area contributed by atoms with E-state index in [0.29, 0.717) is 0 Å². The summed E-state index contributed by atoms with van der Waals surface area (Å²) in [6.07, 6.45) is 6.72. The van der Waals surface area contributed by atoms with Gasteiger partial charge in [-0.2, -0.15) is 0 Å². The first-order valence-corrected chi connectivity index (χ1v) is 21.6. The minimum Gasteiger partial charge on any atom is -0.310 e. The van der Waals surface area contributed by atoms with Crippen LogP contribution in [0, 0.1) is 0 Å². The van der Waals surface area contributed by atoms with Crippen molar-refractivity contribution in [2.75, 3.05) is 4.90 Å². The van der Waals surface area contributed by atoms with E-state index in [1.54, 1.807) is 0 Å². The maximum atomic E-state index is 2.45. The van der Waals surface area contributed by atoms with Crippen molar-refractivity contribution in [3.8, 4) is 39.1 Å². The monoisotopic (exact) mass is 790 g/mol. The fourth-order valence-electron chi connectivity index (χ4n) is 9.82. The lowest BCUT2D eigenvalue weighted by atomic mass is 9.91. The van der Waals surface area contributed by atoms with Gasteiger partial charge in [-0.05, 0) is 117 Å². The molecular weight excluding hydrogens is 749 g/mol. The van der Waals surface area contributed by atoms with Crippen molar-refractivity contribution < 1.29 is 0 Å². The molecule has 11 aromatic rings. The molecule has 10 aromatic carbocycles. The summed E-state index contributed by atoms with van der Waals surface area (Å²) in [5.41, 5.74) is 17.0. The SMILES string of the molecule is C1=Cc2ccc(-c3ccc(N(c4ccc(-c5ccccc5)cc4)c4ccc(-c5cccc(-n6c7ccccc7c7ccc8ccccc8c76)c5)cc4)c4ccccc34)cc2CC1. The predicted molar refractivity (Wildman–Crippen MR) is 264 cm³/mol. The Morgan fingerprint density at radius 2 is 1.05 bits per heavy atom. The summed E-state index contributed by atoms with van der Waals surface area (Å²) in [5.74, 6) is 0. The van der Waals surface area contributed by atoms with Crippen LogP contribution in [-0.2, 0) is 6.42 Å². The number of rotatable bonds is 7. The zero-order chi connectivity index (χ0) is 41.0. The molecule has 0 saturated carbocycles. The lowest BCUT2D eigenvalue weighted by Crippen LogP contribution is -2.10. The number of nitrogens with zero attached hydrogens (tertiary/aromatic N) is 2. The summed E-state index contributed by atoms with van der Waals surface area (Å²) in [6, 6.07) is 80.3. The number of hydrogen-bond acceptors (Lipinski definition) is 1.